The topological polar surface area (TPSA) is 59.1 Å². The lowest BCUT2D eigenvalue weighted by Crippen LogP contribution is -2.52. The van der Waals surface area contributed by atoms with Crippen molar-refractivity contribution in [2.75, 3.05) is 72.0 Å². The van der Waals surface area contributed by atoms with Crippen molar-refractivity contribution in [1.29, 1.82) is 0 Å². The fourth-order valence-electron chi connectivity index (χ4n) is 5.18. The molecule has 2 amide bonds. The Balaban J connectivity index is 1.06. The normalized spacial score (nSPS) is 21.7. The van der Waals surface area contributed by atoms with Crippen molar-refractivity contribution in [1.82, 2.24) is 24.9 Å². The van der Waals surface area contributed by atoms with Crippen LogP contribution in [0.2, 0.25) is 0 Å². The molecule has 3 fully saturated rings. The number of benzene rings is 1. The second kappa shape index (κ2) is 11.8. The van der Waals surface area contributed by atoms with Gasteiger partial charge in [-0.25, -0.2) is 0 Å². The van der Waals surface area contributed by atoms with E-state index in [1.807, 2.05) is 0 Å². The van der Waals surface area contributed by atoms with Gasteiger partial charge in [-0.3, -0.25) is 24.3 Å². The van der Waals surface area contributed by atoms with Crippen LogP contribution in [-0.4, -0.2) is 103 Å². The molecule has 7 heteroatoms. The lowest BCUT2D eigenvalue weighted by Gasteiger charge is -2.36. The van der Waals surface area contributed by atoms with E-state index in [4.69, 9.17) is 0 Å². The highest BCUT2D eigenvalue weighted by molar-refractivity contribution is 5.79. The zero-order chi connectivity index (χ0) is 22.2. The molecule has 0 atom stereocenters. The maximum Gasteiger partial charge on any atom is 0.234 e. The van der Waals surface area contributed by atoms with E-state index in [1.165, 1.54) is 18.4 Å². The van der Waals surface area contributed by atoms with Crippen LogP contribution in [0.4, 0.5) is 0 Å². The number of carbonyl (C=O) groups is 2. The van der Waals surface area contributed by atoms with Crippen LogP contribution in [0.15, 0.2) is 30.3 Å². The van der Waals surface area contributed by atoms with Crippen molar-refractivity contribution in [3.8, 4) is 0 Å². The van der Waals surface area contributed by atoms with Crippen molar-refractivity contribution in [2.24, 2.45) is 5.92 Å². The van der Waals surface area contributed by atoms with Gasteiger partial charge in [0.15, 0.2) is 0 Å². The highest BCUT2D eigenvalue weighted by atomic mass is 16.2. The average molecular weight is 442 g/mol. The number of carbonyl (C=O) groups excluding carboxylic acids is 2. The quantitative estimate of drug-likeness (QED) is 0.658. The Kier molecular flexibility index (Phi) is 8.54. The highest BCUT2D eigenvalue weighted by Gasteiger charge is 2.29. The van der Waals surface area contributed by atoms with Gasteiger partial charge in [-0.05, 0) is 18.4 Å². The fourth-order valence-corrected chi connectivity index (χ4v) is 5.18. The van der Waals surface area contributed by atoms with Crippen LogP contribution < -0.4 is 5.32 Å². The lowest BCUT2D eigenvalue weighted by atomic mass is 10.1. The first kappa shape index (κ1) is 23.2. The molecule has 2 heterocycles. The van der Waals surface area contributed by atoms with Gasteiger partial charge in [0.1, 0.15) is 0 Å². The molecule has 0 aromatic heterocycles. The number of nitrogens with zero attached hydrogens (tertiary/aromatic N) is 4. The van der Waals surface area contributed by atoms with Crippen LogP contribution in [-0.2, 0) is 16.1 Å². The van der Waals surface area contributed by atoms with E-state index in [2.05, 4.69) is 55.2 Å². The second-order valence-corrected chi connectivity index (χ2v) is 9.54. The molecule has 0 spiro atoms. The Hall–Kier alpha value is -1.96. The number of hydrogen-bond acceptors (Lipinski definition) is 5. The van der Waals surface area contributed by atoms with Crippen LogP contribution in [0.1, 0.15) is 31.2 Å². The molecular formula is C25H39N5O2. The minimum absolute atomic E-state index is 0.122. The highest BCUT2D eigenvalue weighted by Crippen LogP contribution is 2.26. The molecule has 1 aromatic rings. The van der Waals surface area contributed by atoms with Crippen LogP contribution in [0, 0.1) is 5.92 Å². The van der Waals surface area contributed by atoms with Crippen molar-refractivity contribution in [3.05, 3.63) is 35.9 Å². The predicted octanol–water partition coefficient (Wildman–Crippen LogP) is 1.25. The van der Waals surface area contributed by atoms with Gasteiger partial charge in [-0.1, -0.05) is 43.2 Å². The maximum absolute atomic E-state index is 12.6. The summed E-state index contributed by atoms with van der Waals surface area (Å²) in [7, 11) is 0. The van der Waals surface area contributed by atoms with Crippen molar-refractivity contribution >= 4 is 11.8 Å². The summed E-state index contributed by atoms with van der Waals surface area (Å²) in [5, 5.41) is 3.09. The largest absolute Gasteiger partial charge is 0.354 e. The molecule has 1 saturated carbocycles. The zero-order valence-electron chi connectivity index (χ0n) is 19.4. The summed E-state index contributed by atoms with van der Waals surface area (Å²) in [4.78, 5) is 34.1. The van der Waals surface area contributed by atoms with Gasteiger partial charge in [-0.15, -0.1) is 0 Å². The molecular weight excluding hydrogens is 402 g/mol. The number of hydrogen-bond donors (Lipinski definition) is 1. The van der Waals surface area contributed by atoms with Gasteiger partial charge >= 0.3 is 0 Å². The molecule has 32 heavy (non-hydrogen) atoms. The number of piperazine rings is 2. The van der Waals surface area contributed by atoms with Crippen molar-refractivity contribution < 1.29 is 9.59 Å². The zero-order valence-corrected chi connectivity index (χ0v) is 19.4. The van der Waals surface area contributed by atoms with E-state index in [0.717, 1.165) is 78.3 Å². The molecule has 1 aliphatic carbocycles. The molecule has 3 aliphatic rings. The molecule has 176 valence electrons. The van der Waals surface area contributed by atoms with Gasteiger partial charge in [0.25, 0.3) is 0 Å². The second-order valence-electron chi connectivity index (χ2n) is 9.54. The summed E-state index contributed by atoms with van der Waals surface area (Å²) < 4.78 is 0. The molecule has 0 radical (unpaired) electrons. The van der Waals surface area contributed by atoms with Crippen LogP contribution >= 0.6 is 0 Å². The molecule has 2 aliphatic heterocycles. The molecule has 0 unspecified atom stereocenters. The van der Waals surface area contributed by atoms with Gasteiger partial charge in [0.2, 0.25) is 11.8 Å². The van der Waals surface area contributed by atoms with Gasteiger partial charge < -0.3 is 10.2 Å². The summed E-state index contributed by atoms with van der Waals surface area (Å²) in [6.45, 7) is 10.4. The molecule has 0 bridgehead atoms. The van der Waals surface area contributed by atoms with E-state index in [-0.39, 0.29) is 11.8 Å². The predicted molar refractivity (Wildman–Crippen MR) is 126 cm³/mol. The minimum atomic E-state index is 0.122. The van der Waals surface area contributed by atoms with Gasteiger partial charge in [-0.2, -0.15) is 0 Å². The summed E-state index contributed by atoms with van der Waals surface area (Å²) in [5.74, 6) is 0.775. The van der Waals surface area contributed by atoms with E-state index < -0.39 is 0 Å². The summed E-state index contributed by atoms with van der Waals surface area (Å²) in [5.41, 5.74) is 1.35. The average Bonchev–Trinajstić information content (AvgIpc) is 3.36. The Morgan fingerprint density at radius 1 is 0.812 bits per heavy atom. The van der Waals surface area contributed by atoms with Crippen molar-refractivity contribution in [2.45, 2.75) is 32.2 Å². The molecule has 4 rings (SSSR count). The van der Waals surface area contributed by atoms with Gasteiger partial charge in [0.05, 0.1) is 6.54 Å². The summed E-state index contributed by atoms with van der Waals surface area (Å²) in [6.07, 6.45) is 4.57. The third-order valence-electron chi connectivity index (χ3n) is 7.22. The molecule has 1 aromatic carbocycles. The Bertz CT molecular complexity index is 721. The van der Waals surface area contributed by atoms with Crippen LogP contribution in [0.5, 0.6) is 0 Å². The third kappa shape index (κ3) is 6.77. The van der Waals surface area contributed by atoms with E-state index in [0.29, 0.717) is 19.0 Å². The van der Waals surface area contributed by atoms with E-state index in [1.54, 1.807) is 0 Å². The minimum Gasteiger partial charge on any atom is -0.354 e. The first-order chi connectivity index (χ1) is 15.7. The SMILES string of the molecule is O=C(CN1CCN(Cc2ccccc2)CC1)NCCN1CCN(C(=O)C2CCCC2)CC1. The fraction of sp³-hybridized carbons (Fsp3) is 0.680. The van der Waals surface area contributed by atoms with E-state index in [9.17, 15) is 9.59 Å². The molecule has 1 N–H and O–H groups in total. The molecule has 2 saturated heterocycles. The van der Waals surface area contributed by atoms with Crippen molar-refractivity contribution in [3.63, 3.8) is 0 Å². The number of amides is 2. The third-order valence-corrected chi connectivity index (χ3v) is 7.22. The lowest BCUT2D eigenvalue weighted by molar-refractivity contribution is -0.137. The Labute approximate surface area is 192 Å². The van der Waals surface area contributed by atoms with E-state index >= 15 is 0 Å². The monoisotopic (exact) mass is 441 g/mol. The summed E-state index contributed by atoms with van der Waals surface area (Å²) >= 11 is 0. The smallest absolute Gasteiger partial charge is 0.234 e. The first-order valence-corrected chi connectivity index (χ1v) is 12.4. The standard InChI is InChI=1S/C25H39N5O2/c31-24(21-29-14-12-28(13-15-29)20-22-6-2-1-3-7-22)26-10-11-27-16-18-30(19-17-27)25(32)23-8-4-5-9-23/h1-3,6-7,23H,4-5,8-21H2,(H,26,31). The number of nitrogens with one attached hydrogen (secondary N) is 1. The Morgan fingerprint density at radius 3 is 2.12 bits per heavy atom. The Morgan fingerprint density at radius 2 is 1.44 bits per heavy atom. The van der Waals surface area contributed by atoms with Gasteiger partial charge in [0, 0.05) is 77.9 Å². The van der Waals surface area contributed by atoms with Crippen LogP contribution in [0.3, 0.4) is 0 Å². The van der Waals surface area contributed by atoms with Crippen LogP contribution in [0.25, 0.3) is 0 Å². The first-order valence-electron chi connectivity index (χ1n) is 12.4. The maximum atomic E-state index is 12.6. The molecule has 7 nitrogen and oxygen atoms in total. The summed E-state index contributed by atoms with van der Waals surface area (Å²) in [6, 6.07) is 10.6. The number of rotatable bonds is 8.